The number of carbonyl (C=O) groups is 1. The van der Waals surface area contributed by atoms with E-state index in [9.17, 15) is 9.90 Å². The fourth-order valence-corrected chi connectivity index (χ4v) is 2.62. The molecule has 104 valence electrons. The van der Waals surface area contributed by atoms with Crippen LogP contribution in [-0.2, 0) is 0 Å². The molecule has 2 nitrogen and oxygen atoms in total. The lowest BCUT2D eigenvalue weighted by molar-refractivity contribution is 0.112. The maximum absolute atomic E-state index is 11.1. The Balaban J connectivity index is 2.97. The van der Waals surface area contributed by atoms with Crippen LogP contribution in [0, 0.1) is 13.8 Å². The second-order valence-electron chi connectivity index (χ2n) is 4.18. The summed E-state index contributed by atoms with van der Waals surface area (Å²) in [5.74, 6) is 0.261. The van der Waals surface area contributed by atoms with Gasteiger partial charge in [-0.1, -0.05) is 42.5 Å². The molecule has 0 spiro atoms. The zero-order chi connectivity index (χ0) is 15.0. The van der Waals surface area contributed by atoms with E-state index < -0.39 is 0 Å². The predicted octanol–water partition coefficient (Wildman–Crippen LogP) is 4.87. The molecule has 0 aromatic carbocycles. The quantitative estimate of drug-likeness (QED) is 0.477. The molecule has 0 fully saturated rings. The van der Waals surface area contributed by atoms with E-state index in [4.69, 9.17) is 0 Å². The lowest BCUT2D eigenvalue weighted by atomic mass is 10.1. The third-order valence-electron chi connectivity index (χ3n) is 2.74. The summed E-state index contributed by atoms with van der Waals surface area (Å²) < 4.78 is 0. The van der Waals surface area contributed by atoms with E-state index in [1.54, 1.807) is 6.92 Å². The highest BCUT2D eigenvalue weighted by molar-refractivity contribution is 7.13. The summed E-state index contributed by atoms with van der Waals surface area (Å²) in [7, 11) is 0. The molecule has 0 aliphatic carbocycles. The van der Waals surface area contributed by atoms with E-state index in [2.05, 4.69) is 0 Å². The van der Waals surface area contributed by atoms with Gasteiger partial charge in [0.25, 0.3) is 4.88 Å². The fraction of sp³-hybridized carbons (Fsp3) is 0.176. The number of carbonyl (C=O) groups excluding carboxylic acids is 1. The summed E-state index contributed by atoms with van der Waals surface area (Å²) in [6, 6.07) is 0. The number of allylic oxidation sites excluding steroid dienone is 7. The Morgan fingerprint density at radius 1 is 1.00 bits per heavy atom. The summed E-state index contributed by atoms with van der Waals surface area (Å²) in [4.78, 5) is 12.5. The maximum Gasteiger partial charge on any atom is 0.278 e. The number of rotatable bonds is 5. The van der Waals surface area contributed by atoms with Crippen molar-refractivity contribution in [1.29, 1.82) is 0 Å². The molecule has 0 aliphatic heterocycles. The molecule has 0 amide bonds. The van der Waals surface area contributed by atoms with E-state index in [0.29, 0.717) is 4.88 Å². The third kappa shape index (κ3) is 4.28. The van der Waals surface area contributed by atoms with Gasteiger partial charge in [-0.15, -0.1) is 0 Å². The molecule has 0 unspecified atom stereocenters. The molecule has 1 aromatic heterocycles. The van der Waals surface area contributed by atoms with Crippen LogP contribution in [-0.4, -0.2) is 11.4 Å². The second kappa shape index (κ2) is 8.23. The SMILES string of the molecule is C/C=C/C=C\C=C\C=C\c1c(C=O)[s+]c(C)c(O)c1C. The first kappa shape index (κ1) is 16.1. The first-order valence-corrected chi connectivity index (χ1v) is 7.17. The topological polar surface area (TPSA) is 37.3 Å². The lowest BCUT2D eigenvalue weighted by Crippen LogP contribution is -1.90. The van der Waals surface area contributed by atoms with Crippen molar-refractivity contribution in [2.45, 2.75) is 20.8 Å². The zero-order valence-corrected chi connectivity index (χ0v) is 12.8. The number of aryl methyl sites for hydroxylation is 1. The minimum atomic E-state index is 0.261. The van der Waals surface area contributed by atoms with Crippen LogP contribution in [0.3, 0.4) is 0 Å². The average molecular weight is 287 g/mol. The molecule has 3 heteroatoms. The molecule has 0 saturated heterocycles. The molecule has 1 heterocycles. The van der Waals surface area contributed by atoms with E-state index in [1.807, 2.05) is 62.5 Å². The van der Waals surface area contributed by atoms with E-state index >= 15 is 0 Å². The summed E-state index contributed by atoms with van der Waals surface area (Å²) in [5.41, 5.74) is 1.51. The molecule has 0 atom stereocenters. The molecule has 1 aromatic rings. The maximum atomic E-state index is 11.1. The van der Waals surface area contributed by atoms with Crippen molar-refractivity contribution in [3.8, 4) is 5.75 Å². The molecular weight excluding hydrogens is 268 g/mol. The molecule has 1 N–H and O–H groups in total. The van der Waals surface area contributed by atoms with Gasteiger partial charge in [-0.05, 0) is 19.9 Å². The largest absolute Gasteiger partial charge is 0.503 e. The Hall–Kier alpha value is -2.00. The highest BCUT2D eigenvalue weighted by Crippen LogP contribution is 2.32. The minimum Gasteiger partial charge on any atom is -0.503 e. The van der Waals surface area contributed by atoms with Crippen LogP contribution in [0.25, 0.3) is 6.08 Å². The van der Waals surface area contributed by atoms with Crippen LogP contribution >= 0.6 is 11.3 Å². The number of aromatic hydroxyl groups is 1. The Morgan fingerprint density at radius 2 is 1.60 bits per heavy atom. The van der Waals surface area contributed by atoms with Gasteiger partial charge in [-0.25, -0.2) is 0 Å². The molecule has 20 heavy (non-hydrogen) atoms. The molecule has 0 aliphatic rings. The Bertz CT molecular complexity index is 593. The highest BCUT2D eigenvalue weighted by Gasteiger charge is 2.21. The summed E-state index contributed by atoms with van der Waals surface area (Å²) >= 11 is 1.30. The van der Waals surface area contributed by atoms with Gasteiger partial charge in [0.1, 0.15) is 0 Å². The molecule has 0 bridgehead atoms. The smallest absolute Gasteiger partial charge is 0.278 e. The zero-order valence-electron chi connectivity index (χ0n) is 12.0. The molecule has 1 rings (SSSR count). The summed E-state index contributed by atoms with van der Waals surface area (Å²) in [6.07, 6.45) is 16.1. The third-order valence-corrected chi connectivity index (χ3v) is 3.77. The number of hydrogen-bond acceptors (Lipinski definition) is 2. The number of hydrogen-bond donors (Lipinski definition) is 1. The van der Waals surface area contributed by atoms with Crippen molar-refractivity contribution in [3.05, 3.63) is 63.4 Å². The van der Waals surface area contributed by atoms with Crippen molar-refractivity contribution < 1.29 is 9.90 Å². The van der Waals surface area contributed by atoms with Gasteiger partial charge in [0.05, 0.1) is 5.56 Å². The minimum absolute atomic E-state index is 0.261. The van der Waals surface area contributed by atoms with Crippen molar-refractivity contribution >= 4 is 23.7 Å². The monoisotopic (exact) mass is 287 g/mol. The average Bonchev–Trinajstić information content (AvgIpc) is 2.45. The normalized spacial score (nSPS) is 12.3. The molecule has 0 saturated carbocycles. The van der Waals surface area contributed by atoms with Gasteiger partial charge in [0.15, 0.2) is 5.75 Å². The standard InChI is InChI=1S/C17H18O2S/c1-4-5-6-7-8-9-10-11-15-13(2)17(19)14(3)20-16(15)12-18/h4-12H,1-3H3/p+1/b5-4+,7-6-,9-8+,11-10+. The van der Waals surface area contributed by atoms with Gasteiger partial charge >= 0.3 is 0 Å². The Labute approximate surface area is 124 Å². The van der Waals surface area contributed by atoms with Gasteiger partial charge < -0.3 is 5.11 Å². The fourth-order valence-electron chi connectivity index (χ4n) is 1.66. The van der Waals surface area contributed by atoms with Gasteiger partial charge in [-0.2, -0.15) is 0 Å². The van der Waals surface area contributed by atoms with Gasteiger partial charge in [0, 0.05) is 12.5 Å². The van der Waals surface area contributed by atoms with Crippen molar-refractivity contribution in [2.24, 2.45) is 0 Å². The van der Waals surface area contributed by atoms with Crippen LogP contribution < -0.4 is 0 Å². The predicted molar refractivity (Wildman–Crippen MR) is 87.4 cm³/mol. The first-order valence-electron chi connectivity index (χ1n) is 6.36. The van der Waals surface area contributed by atoms with Crippen molar-refractivity contribution in [1.82, 2.24) is 0 Å². The summed E-state index contributed by atoms with van der Waals surface area (Å²) in [6.45, 7) is 5.58. The molecule has 0 radical (unpaired) electrons. The highest BCUT2D eigenvalue weighted by atomic mass is 32.1. The molecular formula is C17H19O2S+. The van der Waals surface area contributed by atoms with Crippen LogP contribution in [0.5, 0.6) is 5.75 Å². The Kier molecular flexibility index (Phi) is 6.60. The Morgan fingerprint density at radius 3 is 2.20 bits per heavy atom. The summed E-state index contributed by atoms with van der Waals surface area (Å²) in [5, 5.41) is 9.93. The van der Waals surface area contributed by atoms with Crippen LogP contribution in [0.4, 0.5) is 0 Å². The van der Waals surface area contributed by atoms with E-state index in [1.165, 1.54) is 11.3 Å². The second-order valence-corrected chi connectivity index (χ2v) is 5.44. The van der Waals surface area contributed by atoms with Gasteiger partial charge in [0.2, 0.25) is 22.5 Å². The van der Waals surface area contributed by atoms with Crippen molar-refractivity contribution in [3.63, 3.8) is 0 Å². The lowest BCUT2D eigenvalue weighted by Gasteiger charge is -2.00. The van der Waals surface area contributed by atoms with Crippen LogP contribution in [0.1, 0.15) is 32.6 Å². The van der Waals surface area contributed by atoms with Gasteiger partial charge in [-0.3, -0.25) is 4.79 Å². The van der Waals surface area contributed by atoms with Crippen LogP contribution in [0.15, 0.2) is 42.5 Å². The first-order chi connectivity index (χ1) is 9.61. The van der Waals surface area contributed by atoms with Crippen LogP contribution in [0.2, 0.25) is 0 Å². The van der Waals surface area contributed by atoms with Crippen molar-refractivity contribution in [2.75, 3.05) is 0 Å². The van der Waals surface area contributed by atoms with E-state index in [-0.39, 0.29) is 5.75 Å². The number of aldehydes is 1. The van der Waals surface area contributed by atoms with E-state index in [0.717, 1.165) is 22.3 Å².